The van der Waals surface area contributed by atoms with Crippen LogP contribution in [-0.2, 0) is 4.74 Å². The van der Waals surface area contributed by atoms with Crippen molar-refractivity contribution >= 4 is 39.8 Å². The molecule has 0 spiro atoms. The lowest BCUT2D eigenvalue weighted by molar-refractivity contribution is 0.0383. The van der Waals surface area contributed by atoms with Gasteiger partial charge in [0, 0.05) is 42.8 Å². The van der Waals surface area contributed by atoms with Crippen molar-refractivity contribution in [1.82, 2.24) is 20.0 Å². The number of ether oxygens (including phenoxy) is 1. The standard InChI is InChI=1S/C27H28ClN5O2/c1-19-4-2-7-24(26(19)28)31-22-8-9-25-21(16-22)18-30-33(25)23-6-3-5-20(17-23)27(34)29-10-11-32-12-14-35-15-13-32/h2-9,16-18,31H,10-15H2,1H3,(H,29,34). The number of anilines is 2. The number of benzene rings is 3. The molecule has 0 bridgehead atoms. The Hall–Kier alpha value is -3.39. The molecule has 7 nitrogen and oxygen atoms in total. The average Bonchev–Trinajstić information content (AvgIpc) is 3.31. The van der Waals surface area contributed by atoms with Crippen molar-refractivity contribution in [2.24, 2.45) is 0 Å². The Labute approximate surface area is 209 Å². The summed E-state index contributed by atoms with van der Waals surface area (Å²) < 4.78 is 7.22. The lowest BCUT2D eigenvalue weighted by atomic mass is 10.1. The molecule has 1 amide bonds. The van der Waals surface area contributed by atoms with Crippen LogP contribution >= 0.6 is 11.6 Å². The van der Waals surface area contributed by atoms with Crippen molar-refractivity contribution in [3.8, 4) is 5.69 Å². The molecule has 0 unspecified atom stereocenters. The van der Waals surface area contributed by atoms with Gasteiger partial charge >= 0.3 is 0 Å². The summed E-state index contributed by atoms with van der Waals surface area (Å²) in [6.45, 7) is 6.74. The molecule has 180 valence electrons. The molecule has 4 aromatic rings. The first kappa shape index (κ1) is 23.4. The van der Waals surface area contributed by atoms with Crippen LogP contribution in [0.1, 0.15) is 15.9 Å². The Morgan fingerprint density at radius 3 is 2.77 bits per heavy atom. The van der Waals surface area contributed by atoms with E-state index in [1.54, 1.807) is 0 Å². The molecule has 1 fully saturated rings. The number of halogens is 1. The second-order valence-corrected chi connectivity index (χ2v) is 9.03. The fraction of sp³-hybridized carbons (Fsp3) is 0.259. The number of aryl methyl sites for hydroxylation is 1. The number of hydrogen-bond acceptors (Lipinski definition) is 5. The minimum absolute atomic E-state index is 0.0851. The van der Waals surface area contributed by atoms with E-state index < -0.39 is 0 Å². The van der Waals surface area contributed by atoms with Crippen LogP contribution in [0.5, 0.6) is 0 Å². The molecule has 1 aliphatic rings. The number of nitrogens with zero attached hydrogens (tertiary/aromatic N) is 3. The highest BCUT2D eigenvalue weighted by atomic mass is 35.5. The number of amides is 1. The smallest absolute Gasteiger partial charge is 0.251 e. The zero-order valence-electron chi connectivity index (χ0n) is 19.6. The normalized spacial score (nSPS) is 14.2. The van der Waals surface area contributed by atoms with Gasteiger partial charge in [-0.2, -0.15) is 5.10 Å². The van der Waals surface area contributed by atoms with Gasteiger partial charge in [-0.05, 0) is 55.0 Å². The van der Waals surface area contributed by atoms with E-state index in [0.717, 1.165) is 66.4 Å². The van der Waals surface area contributed by atoms with Gasteiger partial charge in [-0.25, -0.2) is 4.68 Å². The maximum atomic E-state index is 12.7. The molecular weight excluding hydrogens is 462 g/mol. The first-order valence-corrected chi connectivity index (χ1v) is 12.1. The molecule has 1 aromatic heterocycles. The predicted octanol–water partition coefficient (Wildman–Crippen LogP) is 4.79. The molecule has 0 atom stereocenters. The van der Waals surface area contributed by atoms with Gasteiger partial charge in [0.25, 0.3) is 5.91 Å². The summed E-state index contributed by atoms with van der Waals surface area (Å²) in [6.07, 6.45) is 1.83. The number of nitrogens with one attached hydrogen (secondary N) is 2. The van der Waals surface area contributed by atoms with Crippen LogP contribution in [0.4, 0.5) is 11.4 Å². The highest BCUT2D eigenvalue weighted by molar-refractivity contribution is 6.34. The molecule has 2 heterocycles. The third-order valence-corrected chi connectivity index (χ3v) is 6.71. The molecular formula is C27H28ClN5O2. The maximum Gasteiger partial charge on any atom is 0.251 e. The molecule has 2 N–H and O–H groups in total. The lowest BCUT2D eigenvalue weighted by Crippen LogP contribution is -2.41. The summed E-state index contributed by atoms with van der Waals surface area (Å²) >= 11 is 6.44. The van der Waals surface area contributed by atoms with Crippen molar-refractivity contribution in [3.63, 3.8) is 0 Å². The van der Waals surface area contributed by atoms with Crippen LogP contribution < -0.4 is 10.6 Å². The van der Waals surface area contributed by atoms with Gasteiger partial charge in [-0.1, -0.05) is 29.8 Å². The SMILES string of the molecule is Cc1cccc(Nc2ccc3c(cnn3-c3cccc(C(=O)NCCN4CCOCC4)c3)c2)c1Cl. The van der Waals surface area contributed by atoms with Gasteiger partial charge in [0.05, 0.1) is 41.3 Å². The number of carbonyl (C=O) groups is 1. The third kappa shape index (κ3) is 5.32. The monoisotopic (exact) mass is 489 g/mol. The van der Waals surface area contributed by atoms with E-state index in [4.69, 9.17) is 16.3 Å². The minimum atomic E-state index is -0.0851. The Bertz CT molecular complexity index is 1350. The van der Waals surface area contributed by atoms with E-state index in [9.17, 15) is 4.79 Å². The summed E-state index contributed by atoms with van der Waals surface area (Å²) in [5.74, 6) is -0.0851. The van der Waals surface area contributed by atoms with E-state index in [1.807, 2.05) is 78.5 Å². The van der Waals surface area contributed by atoms with E-state index in [2.05, 4.69) is 20.6 Å². The molecule has 0 radical (unpaired) electrons. The molecule has 8 heteroatoms. The molecule has 0 aliphatic carbocycles. The van der Waals surface area contributed by atoms with Gasteiger partial charge in [0.2, 0.25) is 0 Å². The van der Waals surface area contributed by atoms with E-state index in [0.29, 0.717) is 17.1 Å². The first-order valence-electron chi connectivity index (χ1n) is 11.8. The second kappa shape index (κ2) is 10.5. The predicted molar refractivity (Wildman–Crippen MR) is 140 cm³/mol. The number of rotatable bonds is 7. The number of aromatic nitrogens is 2. The van der Waals surface area contributed by atoms with Gasteiger partial charge in [-0.15, -0.1) is 0 Å². The van der Waals surface area contributed by atoms with Crippen LogP contribution in [0.3, 0.4) is 0 Å². The Kier molecular flexibility index (Phi) is 6.99. The van der Waals surface area contributed by atoms with Crippen molar-refractivity contribution in [2.75, 3.05) is 44.7 Å². The van der Waals surface area contributed by atoms with Crippen LogP contribution in [0.25, 0.3) is 16.6 Å². The van der Waals surface area contributed by atoms with Crippen LogP contribution in [0.2, 0.25) is 5.02 Å². The Morgan fingerprint density at radius 1 is 1.09 bits per heavy atom. The van der Waals surface area contributed by atoms with Gasteiger partial charge in [0.15, 0.2) is 0 Å². The molecule has 3 aromatic carbocycles. The van der Waals surface area contributed by atoms with E-state index >= 15 is 0 Å². The maximum absolute atomic E-state index is 12.7. The summed E-state index contributed by atoms with van der Waals surface area (Å²) in [6, 6.07) is 19.5. The number of carbonyl (C=O) groups excluding carboxylic acids is 1. The fourth-order valence-corrected chi connectivity index (χ4v) is 4.42. The highest BCUT2D eigenvalue weighted by Crippen LogP contribution is 2.30. The number of hydrogen-bond donors (Lipinski definition) is 2. The lowest BCUT2D eigenvalue weighted by Gasteiger charge is -2.26. The molecule has 5 rings (SSSR count). The summed E-state index contributed by atoms with van der Waals surface area (Å²) in [7, 11) is 0. The van der Waals surface area contributed by atoms with Crippen molar-refractivity contribution in [2.45, 2.75) is 6.92 Å². The minimum Gasteiger partial charge on any atom is -0.379 e. The molecule has 0 saturated carbocycles. The second-order valence-electron chi connectivity index (χ2n) is 8.65. The molecule has 1 saturated heterocycles. The largest absolute Gasteiger partial charge is 0.379 e. The van der Waals surface area contributed by atoms with Crippen molar-refractivity contribution in [3.05, 3.63) is 83.0 Å². The van der Waals surface area contributed by atoms with Crippen LogP contribution in [0, 0.1) is 6.92 Å². The average molecular weight is 490 g/mol. The molecule has 35 heavy (non-hydrogen) atoms. The number of fused-ring (bicyclic) bond motifs is 1. The van der Waals surface area contributed by atoms with Gasteiger partial charge in [0.1, 0.15) is 0 Å². The molecule has 1 aliphatic heterocycles. The first-order chi connectivity index (χ1) is 17.1. The van der Waals surface area contributed by atoms with E-state index in [-0.39, 0.29) is 5.91 Å². The number of morpholine rings is 1. The zero-order chi connectivity index (χ0) is 24.2. The Balaban J connectivity index is 1.29. The van der Waals surface area contributed by atoms with E-state index in [1.165, 1.54) is 0 Å². The van der Waals surface area contributed by atoms with Gasteiger partial charge in [-0.3, -0.25) is 9.69 Å². The fourth-order valence-electron chi connectivity index (χ4n) is 4.25. The van der Waals surface area contributed by atoms with Crippen LogP contribution in [0.15, 0.2) is 66.9 Å². The van der Waals surface area contributed by atoms with Crippen molar-refractivity contribution in [1.29, 1.82) is 0 Å². The third-order valence-electron chi connectivity index (χ3n) is 6.21. The van der Waals surface area contributed by atoms with Crippen molar-refractivity contribution < 1.29 is 9.53 Å². The van der Waals surface area contributed by atoms with Crippen LogP contribution in [-0.4, -0.2) is 60.0 Å². The zero-order valence-corrected chi connectivity index (χ0v) is 20.4. The van der Waals surface area contributed by atoms with Gasteiger partial charge < -0.3 is 15.4 Å². The topological polar surface area (TPSA) is 71.4 Å². The quantitative estimate of drug-likeness (QED) is 0.390. The summed E-state index contributed by atoms with van der Waals surface area (Å²) in [5.41, 5.74) is 5.22. The highest BCUT2D eigenvalue weighted by Gasteiger charge is 2.13. The Morgan fingerprint density at radius 2 is 1.91 bits per heavy atom. The summed E-state index contributed by atoms with van der Waals surface area (Å²) in [5, 5.41) is 12.7. The summed E-state index contributed by atoms with van der Waals surface area (Å²) in [4.78, 5) is 15.0.